The van der Waals surface area contributed by atoms with Crippen LogP contribution in [0.15, 0.2) is 42.9 Å². The lowest BCUT2D eigenvalue weighted by Gasteiger charge is -2.25. The van der Waals surface area contributed by atoms with Crippen molar-refractivity contribution in [1.29, 1.82) is 0 Å². The van der Waals surface area contributed by atoms with Crippen molar-refractivity contribution in [3.8, 4) is 0 Å². The summed E-state index contributed by atoms with van der Waals surface area (Å²) in [6.45, 7) is 4.38. The molecule has 1 aromatic heterocycles. The van der Waals surface area contributed by atoms with Gasteiger partial charge in [0.25, 0.3) is 5.91 Å². The Kier molecular flexibility index (Phi) is 8.17. The molecular formula is C23H29N5O5. The number of aromatic nitrogens is 2. The Morgan fingerprint density at radius 1 is 1.24 bits per heavy atom. The summed E-state index contributed by atoms with van der Waals surface area (Å²) < 4.78 is 7.11. The van der Waals surface area contributed by atoms with Crippen LogP contribution < -0.4 is 16.0 Å². The molecule has 0 aliphatic carbocycles. The fourth-order valence-corrected chi connectivity index (χ4v) is 3.54. The van der Waals surface area contributed by atoms with E-state index in [9.17, 15) is 19.2 Å². The highest BCUT2D eigenvalue weighted by Gasteiger charge is 2.32. The van der Waals surface area contributed by atoms with Crippen LogP contribution in [0.5, 0.6) is 0 Å². The van der Waals surface area contributed by atoms with Gasteiger partial charge in [0.05, 0.1) is 12.4 Å². The monoisotopic (exact) mass is 455 g/mol. The highest BCUT2D eigenvalue weighted by atomic mass is 16.5. The first kappa shape index (κ1) is 24.0. The van der Waals surface area contributed by atoms with Gasteiger partial charge in [-0.1, -0.05) is 44.2 Å². The van der Waals surface area contributed by atoms with E-state index >= 15 is 0 Å². The van der Waals surface area contributed by atoms with Gasteiger partial charge in [-0.05, 0) is 24.3 Å². The minimum absolute atomic E-state index is 0.0636. The molecule has 33 heavy (non-hydrogen) atoms. The van der Waals surface area contributed by atoms with E-state index in [4.69, 9.17) is 4.74 Å². The van der Waals surface area contributed by atoms with Crippen LogP contribution in [0.4, 0.5) is 4.79 Å². The second-order valence-electron chi connectivity index (χ2n) is 8.23. The van der Waals surface area contributed by atoms with Gasteiger partial charge in [0.1, 0.15) is 12.6 Å². The van der Waals surface area contributed by atoms with Crippen LogP contribution in [0.3, 0.4) is 0 Å². The average Bonchev–Trinajstić information content (AvgIpc) is 3.25. The predicted molar refractivity (Wildman–Crippen MR) is 119 cm³/mol. The number of carbonyl (C=O) groups is 4. The number of ether oxygens (including phenoxy) is 1. The number of ketones is 1. The fourth-order valence-electron chi connectivity index (χ4n) is 3.54. The summed E-state index contributed by atoms with van der Waals surface area (Å²) in [6.07, 6.45) is 3.31. The molecule has 3 N–H and O–H groups in total. The molecule has 0 radical (unpaired) electrons. The Balaban J connectivity index is 1.64. The second kappa shape index (κ2) is 11.3. The third-order valence-corrected chi connectivity index (χ3v) is 5.42. The van der Waals surface area contributed by atoms with Crippen molar-refractivity contribution in [2.75, 3.05) is 6.54 Å². The molecule has 0 saturated carbocycles. The molecule has 0 spiro atoms. The first-order chi connectivity index (χ1) is 15.8. The van der Waals surface area contributed by atoms with Gasteiger partial charge >= 0.3 is 6.09 Å². The molecular weight excluding hydrogens is 426 g/mol. The predicted octanol–water partition coefficient (Wildman–Crippen LogP) is 0.950. The maximum absolute atomic E-state index is 13.0. The number of carbonyl (C=O) groups excluding carboxylic acids is 4. The van der Waals surface area contributed by atoms with Gasteiger partial charge in [0, 0.05) is 25.0 Å². The van der Waals surface area contributed by atoms with Gasteiger partial charge in [-0.3, -0.25) is 14.4 Å². The second-order valence-corrected chi connectivity index (χ2v) is 8.23. The third-order valence-electron chi connectivity index (χ3n) is 5.42. The van der Waals surface area contributed by atoms with Crippen LogP contribution in [0.1, 0.15) is 31.5 Å². The number of fused-ring (bicyclic) bond motifs is 1. The lowest BCUT2D eigenvalue weighted by atomic mass is 10.0. The Bertz CT molecular complexity index is 988. The van der Waals surface area contributed by atoms with Crippen LogP contribution >= 0.6 is 0 Å². The van der Waals surface area contributed by atoms with Gasteiger partial charge in [-0.15, -0.1) is 0 Å². The van der Waals surface area contributed by atoms with Crippen molar-refractivity contribution in [3.63, 3.8) is 0 Å². The van der Waals surface area contributed by atoms with E-state index in [0.29, 0.717) is 13.0 Å². The summed E-state index contributed by atoms with van der Waals surface area (Å²) in [4.78, 5) is 54.3. The van der Waals surface area contributed by atoms with E-state index in [2.05, 4.69) is 20.9 Å². The van der Waals surface area contributed by atoms with E-state index in [1.165, 1.54) is 0 Å². The largest absolute Gasteiger partial charge is 0.445 e. The third kappa shape index (κ3) is 6.64. The van der Waals surface area contributed by atoms with Crippen LogP contribution in [0.2, 0.25) is 0 Å². The molecule has 3 amide bonds. The van der Waals surface area contributed by atoms with E-state index in [1.54, 1.807) is 26.4 Å². The molecule has 10 heteroatoms. The van der Waals surface area contributed by atoms with Gasteiger partial charge < -0.3 is 25.3 Å². The summed E-state index contributed by atoms with van der Waals surface area (Å²) >= 11 is 0. The number of nitrogens with zero attached hydrogens (tertiary/aromatic N) is 2. The number of hydrogen-bond donors (Lipinski definition) is 3. The maximum atomic E-state index is 13.0. The Hall–Kier alpha value is -3.69. The van der Waals surface area contributed by atoms with Crippen LogP contribution in [-0.4, -0.2) is 51.9 Å². The van der Waals surface area contributed by atoms with Crippen molar-refractivity contribution in [3.05, 3.63) is 54.1 Å². The molecule has 10 nitrogen and oxygen atoms in total. The maximum Gasteiger partial charge on any atom is 0.408 e. The number of hydrogen-bond acceptors (Lipinski definition) is 6. The lowest BCUT2D eigenvalue weighted by molar-refractivity contribution is -0.140. The van der Waals surface area contributed by atoms with Gasteiger partial charge in [-0.2, -0.15) is 0 Å². The summed E-state index contributed by atoms with van der Waals surface area (Å²) in [6, 6.07) is 7.20. The Morgan fingerprint density at radius 3 is 2.73 bits per heavy atom. The van der Waals surface area contributed by atoms with Crippen LogP contribution in [0.25, 0.3) is 0 Å². The van der Waals surface area contributed by atoms with Crippen molar-refractivity contribution < 1.29 is 23.9 Å². The van der Waals surface area contributed by atoms with Crippen LogP contribution in [-0.2, 0) is 38.7 Å². The summed E-state index contributed by atoms with van der Waals surface area (Å²) in [5.74, 6) is -2.30. The zero-order valence-electron chi connectivity index (χ0n) is 18.7. The summed E-state index contributed by atoms with van der Waals surface area (Å²) in [5, 5.41) is 7.79. The zero-order valence-corrected chi connectivity index (χ0v) is 18.7. The first-order valence-corrected chi connectivity index (χ1v) is 10.9. The van der Waals surface area contributed by atoms with Crippen molar-refractivity contribution in [2.45, 2.75) is 51.9 Å². The summed E-state index contributed by atoms with van der Waals surface area (Å²) in [7, 11) is 0. The molecule has 3 rings (SSSR count). The van der Waals surface area contributed by atoms with E-state index in [-0.39, 0.29) is 25.5 Å². The number of aryl methyl sites for hydroxylation is 1. The highest BCUT2D eigenvalue weighted by Crippen LogP contribution is 2.10. The van der Waals surface area contributed by atoms with Crippen LogP contribution in [0, 0.1) is 5.92 Å². The smallest absolute Gasteiger partial charge is 0.408 e. The number of nitrogens with one attached hydrogen (secondary N) is 3. The highest BCUT2D eigenvalue weighted by molar-refractivity contribution is 6.38. The van der Waals surface area contributed by atoms with Crippen molar-refractivity contribution >= 4 is 23.7 Å². The number of rotatable bonds is 6. The molecule has 1 aliphatic rings. The minimum atomic E-state index is -1.03. The molecule has 2 aromatic rings. The molecule has 0 saturated heterocycles. The molecule has 1 aromatic carbocycles. The Morgan fingerprint density at radius 2 is 2.00 bits per heavy atom. The summed E-state index contributed by atoms with van der Waals surface area (Å²) in [5.41, 5.74) is 1.72. The van der Waals surface area contributed by atoms with E-state index < -0.39 is 35.8 Å². The van der Waals surface area contributed by atoms with Crippen molar-refractivity contribution in [2.24, 2.45) is 5.92 Å². The molecule has 0 bridgehead atoms. The number of imidazole rings is 1. The Labute approximate surface area is 192 Å². The van der Waals surface area contributed by atoms with Gasteiger partial charge in [-0.25, -0.2) is 9.78 Å². The number of benzene rings is 1. The topological polar surface area (TPSA) is 131 Å². The molecule has 176 valence electrons. The normalized spacial score (nSPS) is 17.5. The minimum Gasteiger partial charge on any atom is -0.445 e. The number of alkyl carbamates (subject to hydrolysis) is 1. The quantitative estimate of drug-likeness (QED) is 0.556. The fraction of sp³-hybridized carbons (Fsp3) is 0.435. The molecule has 2 unspecified atom stereocenters. The standard InChI is InChI=1S/C23H29N5O5/c1-15(2)19(27-23(32)33-13-16-6-4-3-5-7-16)21(30)26-18-9-8-17-12-24-14-28(17)11-10-25-22(31)20(18)29/h3-7,12,14-15,18-19H,8-11,13H2,1-2H3,(H,25,31)(H,26,30)(H,27,32). The zero-order chi connectivity index (χ0) is 23.8. The first-order valence-electron chi connectivity index (χ1n) is 10.9. The van der Waals surface area contributed by atoms with Gasteiger partial charge in [0.15, 0.2) is 0 Å². The van der Waals surface area contributed by atoms with E-state index in [0.717, 1.165) is 11.3 Å². The molecule has 0 fully saturated rings. The molecule has 2 heterocycles. The van der Waals surface area contributed by atoms with Gasteiger partial charge in [0.2, 0.25) is 11.7 Å². The number of Topliss-reactive ketones (excluding diaryl/α,β-unsaturated/α-hetero) is 1. The van der Waals surface area contributed by atoms with E-state index in [1.807, 2.05) is 34.9 Å². The molecule has 2 atom stereocenters. The number of amides is 3. The van der Waals surface area contributed by atoms with Crippen molar-refractivity contribution in [1.82, 2.24) is 25.5 Å². The lowest BCUT2D eigenvalue weighted by Crippen LogP contribution is -2.55. The average molecular weight is 456 g/mol. The molecule has 1 aliphatic heterocycles. The SMILES string of the molecule is CC(C)C(NC(=O)OCc1ccccc1)C(=O)NC1CCc2cncn2CCNC(=O)C1=O.